The molecule has 0 radical (unpaired) electrons. The van der Waals surface area contributed by atoms with E-state index in [1.165, 1.54) is 31.5 Å². The van der Waals surface area contributed by atoms with Crippen LogP contribution < -0.4 is 9.47 Å². The molecule has 2 saturated heterocycles. The molecule has 98 valence electrons. The first-order valence-corrected chi connectivity index (χ1v) is 7.20. The summed E-state index contributed by atoms with van der Waals surface area (Å²) in [5, 5.41) is 0. The zero-order valence-corrected chi connectivity index (χ0v) is 12.1. The monoisotopic (exact) mass is 245 g/mol. The molecule has 2 heteroatoms. The first kappa shape index (κ1) is 12.0. The summed E-state index contributed by atoms with van der Waals surface area (Å²) in [6, 6.07) is 7.18. The third-order valence-corrected chi connectivity index (χ3v) is 5.72. The highest BCUT2D eigenvalue weighted by Gasteiger charge is 2.58. The molecule has 1 unspecified atom stereocenters. The van der Waals surface area contributed by atoms with Gasteiger partial charge in [-0.2, -0.15) is 0 Å². The average molecular weight is 245 g/mol. The number of pyridine rings is 1. The molecule has 2 bridgehead atoms. The lowest BCUT2D eigenvalue weighted by atomic mass is 9.59. The average Bonchev–Trinajstić information content (AvgIpc) is 2.35. The first-order chi connectivity index (χ1) is 8.46. The van der Waals surface area contributed by atoms with E-state index in [9.17, 15) is 0 Å². The fourth-order valence-electron chi connectivity index (χ4n) is 4.04. The third-order valence-electron chi connectivity index (χ3n) is 5.72. The SMILES string of the molecule is CC1N(c2cccc[n+]2C)C2(C)CCC1(C)CC2. The fraction of sp³-hybridized carbons (Fsp3) is 0.688. The van der Waals surface area contributed by atoms with Crippen LogP contribution >= 0.6 is 0 Å². The molecule has 1 aromatic heterocycles. The van der Waals surface area contributed by atoms with Crippen LogP contribution in [0.3, 0.4) is 0 Å². The molecule has 3 aliphatic rings. The predicted octanol–water partition coefficient (Wildman–Crippen LogP) is 3.06. The number of aryl methyl sites for hydroxylation is 1. The zero-order chi connectivity index (χ0) is 13.0. The largest absolute Gasteiger partial charge is 0.276 e. The summed E-state index contributed by atoms with van der Waals surface area (Å²) in [7, 11) is 2.16. The highest BCUT2D eigenvalue weighted by atomic mass is 15.3. The molecule has 0 aromatic carbocycles. The summed E-state index contributed by atoms with van der Waals surface area (Å²) < 4.78 is 2.27. The minimum absolute atomic E-state index is 0.357. The Morgan fingerprint density at radius 3 is 2.44 bits per heavy atom. The maximum Gasteiger partial charge on any atom is 0.276 e. The molecule has 3 fully saturated rings. The Bertz CT molecular complexity index is 458. The van der Waals surface area contributed by atoms with Gasteiger partial charge in [-0.3, -0.25) is 4.90 Å². The van der Waals surface area contributed by atoms with Gasteiger partial charge in [0.25, 0.3) is 5.82 Å². The molecule has 2 aliphatic heterocycles. The van der Waals surface area contributed by atoms with Gasteiger partial charge in [-0.25, -0.2) is 4.57 Å². The van der Waals surface area contributed by atoms with Gasteiger partial charge in [-0.05, 0) is 45.6 Å². The van der Waals surface area contributed by atoms with E-state index < -0.39 is 0 Å². The van der Waals surface area contributed by atoms with Gasteiger partial charge in [0.2, 0.25) is 0 Å². The van der Waals surface area contributed by atoms with Gasteiger partial charge in [0, 0.05) is 11.5 Å². The number of anilines is 1. The summed E-state index contributed by atoms with van der Waals surface area (Å²) in [5.41, 5.74) is 0.858. The number of hydrogen-bond donors (Lipinski definition) is 0. The molecule has 0 amide bonds. The van der Waals surface area contributed by atoms with Gasteiger partial charge < -0.3 is 0 Å². The Morgan fingerprint density at radius 2 is 1.83 bits per heavy atom. The summed E-state index contributed by atoms with van der Waals surface area (Å²) in [6.07, 6.45) is 7.61. The van der Waals surface area contributed by atoms with Crippen LogP contribution in [0, 0.1) is 5.41 Å². The van der Waals surface area contributed by atoms with Crippen molar-refractivity contribution in [2.75, 3.05) is 4.90 Å². The second kappa shape index (κ2) is 3.72. The van der Waals surface area contributed by atoms with Crippen molar-refractivity contribution in [3.63, 3.8) is 0 Å². The lowest BCUT2D eigenvalue weighted by Crippen LogP contribution is -2.67. The molecule has 0 N–H and O–H groups in total. The predicted molar refractivity (Wildman–Crippen MR) is 74.5 cm³/mol. The smallest absolute Gasteiger partial charge is 0.254 e. The van der Waals surface area contributed by atoms with Crippen LogP contribution in [0.4, 0.5) is 5.82 Å². The van der Waals surface area contributed by atoms with Crippen LogP contribution in [-0.2, 0) is 7.05 Å². The van der Waals surface area contributed by atoms with Crippen molar-refractivity contribution < 1.29 is 4.57 Å². The van der Waals surface area contributed by atoms with E-state index in [0.717, 1.165) is 0 Å². The molecule has 1 aromatic rings. The Labute approximate surface area is 111 Å². The molecule has 4 rings (SSSR count). The van der Waals surface area contributed by atoms with E-state index in [0.29, 0.717) is 17.0 Å². The van der Waals surface area contributed by atoms with Crippen molar-refractivity contribution in [3.8, 4) is 0 Å². The van der Waals surface area contributed by atoms with Gasteiger partial charge in [-0.15, -0.1) is 0 Å². The van der Waals surface area contributed by atoms with Crippen molar-refractivity contribution in [2.24, 2.45) is 12.5 Å². The van der Waals surface area contributed by atoms with E-state index in [2.05, 4.69) is 61.7 Å². The van der Waals surface area contributed by atoms with Crippen LogP contribution in [0.5, 0.6) is 0 Å². The van der Waals surface area contributed by atoms with Crippen molar-refractivity contribution in [3.05, 3.63) is 24.4 Å². The van der Waals surface area contributed by atoms with Crippen LogP contribution in [-0.4, -0.2) is 11.6 Å². The number of aromatic nitrogens is 1. The number of piperidine rings is 2. The summed E-state index contributed by atoms with van der Waals surface area (Å²) in [6.45, 7) is 7.35. The van der Waals surface area contributed by atoms with Crippen LogP contribution in [0.15, 0.2) is 24.4 Å². The number of hydrogen-bond acceptors (Lipinski definition) is 1. The third kappa shape index (κ3) is 1.51. The maximum atomic E-state index is 2.69. The number of fused-ring (bicyclic) bond motifs is 3. The standard InChI is InChI=1S/C16H25N2/c1-13-15(2)8-10-16(3,11-9-15)18(13)14-7-5-6-12-17(14)4/h5-7,12-13H,8-11H2,1-4H3/q+1. The summed E-state index contributed by atoms with van der Waals surface area (Å²) in [4.78, 5) is 2.69. The first-order valence-electron chi connectivity index (χ1n) is 7.20. The topological polar surface area (TPSA) is 7.12 Å². The zero-order valence-electron chi connectivity index (χ0n) is 12.1. The fourth-order valence-corrected chi connectivity index (χ4v) is 4.04. The number of rotatable bonds is 1. The Hall–Kier alpha value is -1.05. The van der Waals surface area contributed by atoms with Gasteiger partial charge >= 0.3 is 0 Å². The van der Waals surface area contributed by atoms with Crippen molar-refractivity contribution >= 4 is 5.82 Å². The number of nitrogens with zero attached hydrogens (tertiary/aromatic N) is 2. The van der Waals surface area contributed by atoms with Gasteiger partial charge in [0.1, 0.15) is 5.54 Å². The lowest BCUT2D eigenvalue weighted by molar-refractivity contribution is -0.659. The maximum absolute atomic E-state index is 2.69. The molecular formula is C16H25N2+. The van der Waals surface area contributed by atoms with E-state index in [1.54, 1.807) is 0 Å². The van der Waals surface area contributed by atoms with E-state index >= 15 is 0 Å². The molecule has 18 heavy (non-hydrogen) atoms. The van der Waals surface area contributed by atoms with E-state index in [-0.39, 0.29) is 0 Å². The molecule has 1 atom stereocenters. The minimum atomic E-state index is 0.357. The highest BCUT2D eigenvalue weighted by molar-refractivity contribution is 5.42. The van der Waals surface area contributed by atoms with E-state index in [1.807, 2.05) is 0 Å². The Balaban J connectivity index is 2.08. The van der Waals surface area contributed by atoms with Crippen molar-refractivity contribution in [1.29, 1.82) is 0 Å². The molecule has 1 aliphatic carbocycles. The Morgan fingerprint density at radius 1 is 1.17 bits per heavy atom. The lowest BCUT2D eigenvalue weighted by Gasteiger charge is -2.57. The van der Waals surface area contributed by atoms with Crippen LogP contribution in [0.2, 0.25) is 0 Å². The quantitative estimate of drug-likeness (QED) is 0.690. The summed E-state index contributed by atoms with van der Waals surface area (Å²) in [5.74, 6) is 1.37. The van der Waals surface area contributed by atoms with Crippen LogP contribution in [0.1, 0.15) is 46.5 Å². The second-order valence-electron chi connectivity index (χ2n) is 6.87. The van der Waals surface area contributed by atoms with Gasteiger partial charge in [0.15, 0.2) is 0 Å². The summed E-state index contributed by atoms with van der Waals surface area (Å²) >= 11 is 0. The molecule has 2 nitrogen and oxygen atoms in total. The molecular weight excluding hydrogens is 220 g/mol. The minimum Gasteiger partial charge on any atom is -0.254 e. The van der Waals surface area contributed by atoms with E-state index in [4.69, 9.17) is 0 Å². The second-order valence-corrected chi connectivity index (χ2v) is 6.87. The van der Waals surface area contributed by atoms with Gasteiger partial charge in [0.05, 0.1) is 19.3 Å². The normalized spacial score (nSPS) is 39.1. The van der Waals surface area contributed by atoms with Crippen molar-refractivity contribution in [1.82, 2.24) is 0 Å². The highest BCUT2D eigenvalue weighted by Crippen LogP contribution is 2.54. The molecule has 1 saturated carbocycles. The molecule has 3 heterocycles. The van der Waals surface area contributed by atoms with Crippen molar-refractivity contribution in [2.45, 2.75) is 58.0 Å². The van der Waals surface area contributed by atoms with Crippen LogP contribution in [0.25, 0.3) is 0 Å². The molecule has 0 spiro atoms. The van der Waals surface area contributed by atoms with Gasteiger partial charge in [-0.1, -0.05) is 13.0 Å². The Kier molecular flexibility index (Phi) is 2.48.